The largest absolute Gasteiger partial charge is 0.465 e. The highest BCUT2D eigenvalue weighted by Gasteiger charge is 2.53. The standard InChI is InChI=1S/C23H30BFO2/c1-22(2)23(3,4)27-24(26-22)21(19-14-16-20(25)17-15-19)13-9-8-12-18-10-6-5-7-11-18/h5-7,10-11,14-17,21H,8-9,12-13H2,1-4H3. The van der Waals surface area contributed by atoms with Crippen LogP contribution in [-0.2, 0) is 15.7 Å². The number of hydrogen-bond donors (Lipinski definition) is 0. The van der Waals surface area contributed by atoms with Crippen molar-refractivity contribution >= 4 is 7.12 Å². The summed E-state index contributed by atoms with van der Waals surface area (Å²) in [5.41, 5.74) is 1.72. The lowest BCUT2D eigenvalue weighted by Crippen LogP contribution is -2.41. The Bertz CT molecular complexity index is 712. The lowest BCUT2D eigenvalue weighted by atomic mass is 9.65. The summed E-state index contributed by atoms with van der Waals surface area (Å²) < 4.78 is 26.0. The minimum absolute atomic E-state index is 0.0995. The van der Waals surface area contributed by atoms with Crippen molar-refractivity contribution in [3.05, 3.63) is 71.5 Å². The predicted octanol–water partition coefficient (Wildman–Crippen LogP) is 5.95. The van der Waals surface area contributed by atoms with Crippen LogP contribution in [0.5, 0.6) is 0 Å². The van der Waals surface area contributed by atoms with Crippen LogP contribution in [0.1, 0.15) is 63.9 Å². The molecule has 0 radical (unpaired) electrons. The topological polar surface area (TPSA) is 18.5 Å². The first-order chi connectivity index (χ1) is 12.8. The smallest absolute Gasteiger partial charge is 0.403 e. The molecule has 0 N–H and O–H groups in total. The molecule has 27 heavy (non-hydrogen) atoms. The summed E-state index contributed by atoms with van der Waals surface area (Å²) in [7, 11) is -0.308. The maximum absolute atomic E-state index is 13.4. The lowest BCUT2D eigenvalue weighted by Gasteiger charge is -2.32. The summed E-state index contributed by atoms with van der Waals surface area (Å²) in [6.45, 7) is 8.29. The molecule has 2 nitrogen and oxygen atoms in total. The van der Waals surface area contributed by atoms with Gasteiger partial charge in [-0.2, -0.15) is 0 Å². The van der Waals surface area contributed by atoms with Gasteiger partial charge in [-0.05, 0) is 70.2 Å². The molecule has 0 amide bonds. The third kappa shape index (κ3) is 4.80. The number of unbranched alkanes of at least 4 members (excludes halogenated alkanes) is 1. The van der Waals surface area contributed by atoms with E-state index < -0.39 is 0 Å². The first-order valence-electron chi connectivity index (χ1n) is 9.93. The van der Waals surface area contributed by atoms with E-state index in [9.17, 15) is 4.39 Å². The molecule has 1 fully saturated rings. The molecule has 2 aromatic carbocycles. The molecular weight excluding hydrogens is 338 g/mol. The molecule has 0 bridgehead atoms. The Balaban J connectivity index is 1.68. The maximum atomic E-state index is 13.4. The van der Waals surface area contributed by atoms with Crippen LogP contribution in [0.4, 0.5) is 4.39 Å². The number of benzene rings is 2. The summed E-state index contributed by atoms with van der Waals surface area (Å²) >= 11 is 0. The van der Waals surface area contributed by atoms with Crippen molar-refractivity contribution < 1.29 is 13.7 Å². The summed E-state index contributed by atoms with van der Waals surface area (Å²) in [6, 6.07) is 17.3. The van der Waals surface area contributed by atoms with Crippen molar-refractivity contribution in [2.75, 3.05) is 0 Å². The number of aryl methyl sites for hydroxylation is 1. The quantitative estimate of drug-likeness (QED) is 0.444. The number of halogens is 1. The molecule has 0 aliphatic carbocycles. The second-order valence-corrected chi connectivity index (χ2v) is 8.51. The fourth-order valence-electron chi connectivity index (χ4n) is 3.56. The molecule has 1 saturated heterocycles. The summed E-state index contributed by atoms with van der Waals surface area (Å²) in [5, 5.41) is 0. The average Bonchev–Trinajstić information content (AvgIpc) is 2.84. The van der Waals surface area contributed by atoms with E-state index in [-0.39, 0.29) is 30.0 Å². The minimum atomic E-state index is -0.361. The predicted molar refractivity (Wildman–Crippen MR) is 109 cm³/mol. The molecule has 144 valence electrons. The molecule has 2 aromatic rings. The molecule has 1 unspecified atom stereocenters. The summed E-state index contributed by atoms with van der Waals surface area (Å²) in [4.78, 5) is 0. The Hall–Kier alpha value is -1.65. The van der Waals surface area contributed by atoms with Gasteiger partial charge in [-0.3, -0.25) is 0 Å². The normalized spacial score (nSPS) is 19.2. The number of hydrogen-bond acceptors (Lipinski definition) is 2. The van der Waals surface area contributed by atoms with Crippen LogP contribution in [-0.4, -0.2) is 18.3 Å². The highest BCUT2D eigenvalue weighted by atomic mass is 19.1. The molecule has 0 saturated carbocycles. The van der Waals surface area contributed by atoms with Gasteiger partial charge >= 0.3 is 7.12 Å². The van der Waals surface area contributed by atoms with Gasteiger partial charge in [0.15, 0.2) is 0 Å². The molecule has 1 heterocycles. The van der Waals surface area contributed by atoms with Gasteiger partial charge in [-0.15, -0.1) is 0 Å². The van der Waals surface area contributed by atoms with E-state index in [1.807, 2.05) is 18.2 Å². The van der Waals surface area contributed by atoms with Crippen molar-refractivity contribution in [2.24, 2.45) is 0 Å². The van der Waals surface area contributed by atoms with E-state index in [1.165, 1.54) is 17.7 Å². The Labute approximate surface area is 163 Å². The highest BCUT2D eigenvalue weighted by Crippen LogP contribution is 2.42. The van der Waals surface area contributed by atoms with Crippen LogP contribution < -0.4 is 0 Å². The third-order valence-corrected chi connectivity index (χ3v) is 5.97. The molecule has 3 rings (SSSR count). The lowest BCUT2D eigenvalue weighted by molar-refractivity contribution is 0.00578. The van der Waals surface area contributed by atoms with E-state index in [4.69, 9.17) is 9.31 Å². The fraction of sp³-hybridized carbons (Fsp3) is 0.478. The van der Waals surface area contributed by atoms with Gasteiger partial charge in [0.2, 0.25) is 0 Å². The van der Waals surface area contributed by atoms with E-state index >= 15 is 0 Å². The molecule has 0 spiro atoms. The fourth-order valence-corrected chi connectivity index (χ4v) is 3.56. The van der Waals surface area contributed by atoms with E-state index in [0.29, 0.717) is 0 Å². The third-order valence-electron chi connectivity index (χ3n) is 5.97. The zero-order chi connectivity index (χ0) is 19.5. The highest BCUT2D eigenvalue weighted by molar-refractivity contribution is 6.47. The van der Waals surface area contributed by atoms with E-state index in [2.05, 4.69) is 52.0 Å². The molecule has 1 aliphatic rings. The number of rotatable bonds is 7. The Morgan fingerprint density at radius 1 is 0.852 bits per heavy atom. The molecular formula is C23H30BFO2. The van der Waals surface area contributed by atoms with Crippen molar-refractivity contribution in [1.82, 2.24) is 0 Å². The molecule has 4 heteroatoms. The monoisotopic (exact) mass is 368 g/mol. The van der Waals surface area contributed by atoms with Gasteiger partial charge in [0, 0.05) is 5.82 Å². The SMILES string of the molecule is CC1(C)OB(C(CCCCc2ccccc2)c2ccc(F)cc2)OC1(C)C. The van der Waals surface area contributed by atoms with Crippen molar-refractivity contribution in [2.45, 2.75) is 70.4 Å². The van der Waals surface area contributed by atoms with Gasteiger partial charge < -0.3 is 9.31 Å². The Kier molecular flexibility index (Phi) is 6.07. The van der Waals surface area contributed by atoms with Crippen LogP contribution in [0, 0.1) is 5.82 Å². The van der Waals surface area contributed by atoms with E-state index in [1.54, 1.807) is 0 Å². The Morgan fingerprint density at radius 3 is 2.04 bits per heavy atom. The maximum Gasteiger partial charge on any atom is 0.465 e. The average molecular weight is 368 g/mol. The zero-order valence-electron chi connectivity index (χ0n) is 16.9. The van der Waals surface area contributed by atoms with Gasteiger partial charge in [-0.25, -0.2) is 4.39 Å². The Morgan fingerprint density at radius 2 is 1.44 bits per heavy atom. The first-order valence-corrected chi connectivity index (χ1v) is 9.93. The van der Waals surface area contributed by atoms with Gasteiger partial charge in [-0.1, -0.05) is 48.9 Å². The second-order valence-electron chi connectivity index (χ2n) is 8.51. The summed E-state index contributed by atoms with van der Waals surface area (Å²) in [6.07, 6.45) is 4.21. The van der Waals surface area contributed by atoms with Crippen LogP contribution >= 0.6 is 0 Å². The molecule has 1 aliphatic heterocycles. The minimum Gasteiger partial charge on any atom is -0.403 e. The van der Waals surface area contributed by atoms with Gasteiger partial charge in [0.05, 0.1) is 11.2 Å². The van der Waals surface area contributed by atoms with Crippen LogP contribution in [0.3, 0.4) is 0 Å². The van der Waals surface area contributed by atoms with E-state index in [0.717, 1.165) is 31.2 Å². The molecule has 1 atom stereocenters. The first kappa shape index (κ1) is 20.1. The van der Waals surface area contributed by atoms with Crippen molar-refractivity contribution in [3.63, 3.8) is 0 Å². The van der Waals surface area contributed by atoms with Crippen molar-refractivity contribution in [3.8, 4) is 0 Å². The van der Waals surface area contributed by atoms with Gasteiger partial charge in [0.1, 0.15) is 5.82 Å². The van der Waals surface area contributed by atoms with Crippen molar-refractivity contribution in [1.29, 1.82) is 0 Å². The summed E-state index contributed by atoms with van der Waals surface area (Å²) in [5.74, 6) is -0.113. The van der Waals surface area contributed by atoms with Gasteiger partial charge in [0.25, 0.3) is 0 Å². The molecule has 0 aromatic heterocycles. The second kappa shape index (κ2) is 8.16. The zero-order valence-corrected chi connectivity index (χ0v) is 16.9. The van der Waals surface area contributed by atoms with Crippen LogP contribution in [0.15, 0.2) is 54.6 Å². The van der Waals surface area contributed by atoms with Crippen LogP contribution in [0.2, 0.25) is 0 Å². The van der Waals surface area contributed by atoms with Crippen LogP contribution in [0.25, 0.3) is 0 Å².